The molecule has 2 N–H and O–H groups in total. The molecule has 0 saturated carbocycles. The van der Waals surface area contributed by atoms with E-state index in [0.717, 1.165) is 31.7 Å². The average Bonchev–Trinajstić information content (AvgIpc) is 3.21. The maximum atomic E-state index is 10.4. The van der Waals surface area contributed by atoms with E-state index in [4.69, 9.17) is 9.47 Å². The molecule has 1 aliphatic rings. The highest BCUT2D eigenvalue weighted by Gasteiger charge is 2.24. The summed E-state index contributed by atoms with van der Waals surface area (Å²) in [5, 5.41) is 11.8. The minimum Gasteiger partial charge on any atom is -0.491 e. The molecular formula is C25H30N2O3. The zero-order valence-electron chi connectivity index (χ0n) is 17.3. The Labute approximate surface area is 177 Å². The third-order valence-corrected chi connectivity index (χ3v) is 5.73. The van der Waals surface area contributed by atoms with Crippen LogP contribution in [0.4, 0.5) is 0 Å². The van der Waals surface area contributed by atoms with E-state index < -0.39 is 6.10 Å². The third-order valence-electron chi connectivity index (χ3n) is 5.73. The van der Waals surface area contributed by atoms with Gasteiger partial charge in [-0.05, 0) is 55.6 Å². The molecule has 0 spiro atoms. The van der Waals surface area contributed by atoms with Gasteiger partial charge in [0.15, 0.2) is 0 Å². The summed E-state index contributed by atoms with van der Waals surface area (Å²) >= 11 is 0. The van der Waals surface area contributed by atoms with Gasteiger partial charge in [-0.25, -0.2) is 0 Å². The van der Waals surface area contributed by atoms with Gasteiger partial charge < -0.3 is 24.5 Å². The fraction of sp³-hybridized carbons (Fsp3) is 0.360. The minimum atomic E-state index is -0.521. The zero-order chi connectivity index (χ0) is 20.8. The van der Waals surface area contributed by atoms with Crippen molar-refractivity contribution < 1.29 is 14.6 Å². The van der Waals surface area contributed by atoms with Crippen molar-refractivity contribution in [3.63, 3.8) is 0 Å². The van der Waals surface area contributed by atoms with Gasteiger partial charge >= 0.3 is 0 Å². The van der Waals surface area contributed by atoms with Crippen molar-refractivity contribution in [2.75, 3.05) is 32.8 Å². The molecule has 30 heavy (non-hydrogen) atoms. The molecule has 158 valence electrons. The smallest absolute Gasteiger partial charge is 0.123 e. The number of aromatic nitrogens is 1. The molecule has 4 rings (SSSR count). The number of nitrogens with one attached hydrogen (secondary N) is 1. The highest BCUT2D eigenvalue weighted by Crippen LogP contribution is 2.33. The molecule has 1 aliphatic heterocycles. The molecule has 1 unspecified atom stereocenters. The number of fused-ring (bicyclic) bond motifs is 1. The number of H-pyrrole nitrogens is 1. The molecule has 1 saturated heterocycles. The van der Waals surface area contributed by atoms with Crippen molar-refractivity contribution in [3.8, 4) is 11.5 Å². The summed E-state index contributed by atoms with van der Waals surface area (Å²) in [7, 11) is 0. The van der Waals surface area contributed by atoms with E-state index in [1.54, 1.807) is 6.08 Å². The number of rotatable bonds is 9. The Morgan fingerprint density at radius 1 is 1.10 bits per heavy atom. The Bertz CT molecular complexity index is 960. The van der Waals surface area contributed by atoms with E-state index >= 15 is 0 Å². The Balaban J connectivity index is 1.23. The maximum absolute atomic E-state index is 10.4. The fourth-order valence-corrected chi connectivity index (χ4v) is 4.21. The molecule has 1 fully saturated rings. The molecule has 2 aromatic carbocycles. The quantitative estimate of drug-likeness (QED) is 0.519. The lowest BCUT2D eigenvalue weighted by molar-refractivity contribution is 0.0594. The van der Waals surface area contributed by atoms with Gasteiger partial charge in [0, 0.05) is 29.7 Å². The number of aliphatic hydroxyl groups is 1. The van der Waals surface area contributed by atoms with E-state index in [0.29, 0.717) is 24.8 Å². The van der Waals surface area contributed by atoms with Crippen molar-refractivity contribution in [3.05, 3.63) is 72.9 Å². The molecule has 2 heterocycles. The van der Waals surface area contributed by atoms with Crippen LogP contribution in [0.1, 0.15) is 24.3 Å². The van der Waals surface area contributed by atoms with Gasteiger partial charge in [0.2, 0.25) is 0 Å². The number of β-amino-alcohol motifs (C(OH)–C–C–N with tert-alkyl or cyclic N) is 1. The van der Waals surface area contributed by atoms with Crippen LogP contribution in [-0.2, 0) is 0 Å². The predicted octanol–water partition coefficient (Wildman–Crippen LogP) is 4.35. The standard InChI is InChI=1S/C25H30N2O3/c1-2-14-29-21-6-5-7-22(15-21)30-18-20(28)17-27-12-10-19(11-13-27)24-16-26-25-9-4-3-8-23(24)25/h2-9,15-16,19-20,26,28H,1,10-14,17-18H2. The number of likely N-dealkylation sites (tertiary alicyclic amines) is 1. The number of benzene rings is 2. The topological polar surface area (TPSA) is 57.7 Å². The number of hydrogen-bond donors (Lipinski definition) is 2. The summed E-state index contributed by atoms with van der Waals surface area (Å²) in [6.07, 6.45) is 5.57. The normalized spacial score (nSPS) is 16.4. The molecule has 1 atom stereocenters. The van der Waals surface area contributed by atoms with Crippen LogP contribution in [0.5, 0.6) is 11.5 Å². The van der Waals surface area contributed by atoms with Crippen molar-refractivity contribution in [1.29, 1.82) is 0 Å². The number of ether oxygens (including phenoxy) is 2. The van der Waals surface area contributed by atoms with Crippen molar-refractivity contribution in [2.45, 2.75) is 24.9 Å². The second-order valence-electron chi connectivity index (χ2n) is 7.90. The Hall–Kier alpha value is -2.76. The van der Waals surface area contributed by atoms with Gasteiger partial charge in [-0.1, -0.05) is 36.9 Å². The lowest BCUT2D eigenvalue weighted by atomic mass is 9.89. The Morgan fingerprint density at radius 2 is 1.87 bits per heavy atom. The van der Waals surface area contributed by atoms with Crippen LogP contribution in [0.15, 0.2) is 67.4 Å². The van der Waals surface area contributed by atoms with Gasteiger partial charge in [-0.15, -0.1) is 0 Å². The van der Waals surface area contributed by atoms with Gasteiger partial charge in [0.25, 0.3) is 0 Å². The van der Waals surface area contributed by atoms with Gasteiger partial charge in [0.05, 0.1) is 0 Å². The summed E-state index contributed by atoms with van der Waals surface area (Å²) in [4.78, 5) is 5.73. The summed E-state index contributed by atoms with van der Waals surface area (Å²) in [6, 6.07) is 16.0. The van der Waals surface area contributed by atoms with Crippen molar-refractivity contribution in [2.24, 2.45) is 0 Å². The number of hydrogen-bond acceptors (Lipinski definition) is 4. The van der Waals surface area contributed by atoms with E-state index in [9.17, 15) is 5.11 Å². The van der Waals surface area contributed by atoms with Crippen LogP contribution in [-0.4, -0.2) is 53.9 Å². The van der Waals surface area contributed by atoms with Gasteiger partial charge in [-0.2, -0.15) is 0 Å². The van der Waals surface area contributed by atoms with Crippen molar-refractivity contribution in [1.82, 2.24) is 9.88 Å². The highest BCUT2D eigenvalue weighted by molar-refractivity contribution is 5.83. The van der Waals surface area contributed by atoms with Crippen LogP contribution >= 0.6 is 0 Å². The fourth-order valence-electron chi connectivity index (χ4n) is 4.21. The summed E-state index contributed by atoms with van der Waals surface area (Å²) in [5.41, 5.74) is 2.63. The summed E-state index contributed by atoms with van der Waals surface area (Å²) in [6.45, 7) is 7.00. The molecule has 0 amide bonds. The number of piperidine rings is 1. The lowest BCUT2D eigenvalue weighted by Gasteiger charge is -2.33. The van der Waals surface area contributed by atoms with Crippen LogP contribution in [0, 0.1) is 0 Å². The summed E-state index contributed by atoms with van der Waals surface area (Å²) < 4.78 is 11.3. The number of aromatic amines is 1. The van der Waals surface area contributed by atoms with Crippen LogP contribution in [0.3, 0.4) is 0 Å². The maximum Gasteiger partial charge on any atom is 0.123 e. The molecule has 0 aliphatic carbocycles. The first-order chi connectivity index (χ1) is 14.7. The number of nitrogens with zero attached hydrogens (tertiary/aromatic N) is 1. The van der Waals surface area contributed by atoms with Gasteiger partial charge in [0.1, 0.15) is 30.8 Å². The third kappa shape index (κ3) is 5.04. The molecular weight excluding hydrogens is 376 g/mol. The first-order valence-corrected chi connectivity index (χ1v) is 10.7. The SMILES string of the molecule is C=CCOc1cccc(OCC(O)CN2CCC(c3c[nH]c4ccccc34)CC2)c1. The molecule has 0 bridgehead atoms. The van der Waals surface area contributed by atoms with Crippen molar-refractivity contribution >= 4 is 10.9 Å². The predicted molar refractivity (Wildman–Crippen MR) is 120 cm³/mol. The Kier molecular flexibility index (Phi) is 6.72. The number of aliphatic hydroxyl groups excluding tert-OH is 1. The number of para-hydroxylation sites is 1. The monoisotopic (exact) mass is 406 g/mol. The second-order valence-corrected chi connectivity index (χ2v) is 7.90. The van der Waals surface area contributed by atoms with E-state index in [1.165, 1.54) is 16.5 Å². The highest BCUT2D eigenvalue weighted by atomic mass is 16.5. The molecule has 1 aromatic heterocycles. The Morgan fingerprint density at radius 3 is 2.67 bits per heavy atom. The van der Waals surface area contributed by atoms with Crippen LogP contribution in [0.2, 0.25) is 0 Å². The molecule has 5 heteroatoms. The lowest BCUT2D eigenvalue weighted by Crippen LogP contribution is -2.40. The zero-order valence-corrected chi connectivity index (χ0v) is 17.3. The average molecular weight is 407 g/mol. The van der Waals surface area contributed by atoms with Crippen LogP contribution in [0.25, 0.3) is 10.9 Å². The minimum absolute atomic E-state index is 0.271. The molecule has 5 nitrogen and oxygen atoms in total. The molecule has 3 aromatic rings. The largest absolute Gasteiger partial charge is 0.491 e. The summed E-state index contributed by atoms with van der Waals surface area (Å²) in [5.74, 6) is 2.01. The first-order valence-electron chi connectivity index (χ1n) is 10.7. The first kappa shape index (κ1) is 20.5. The molecule has 0 radical (unpaired) electrons. The van der Waals surface area contributed by atoms with Crippen LogP contribution < -0.4 is 9.47 Å². The van der Waals surface area contributed by atoms with E-state index in [-0.39, 0.29) is 6.61 Å². The van der Waals surface area contributed by atoms with E-state index in [1.807, 2.05) is 24.3 Å². The second kappa shape index (κ2) is 9.83. The van der Waals surface area contributed by atoms with E-state index in [2.05, 4.69) is 46.9 Å². The van der Waals surface area contributed by atoms with Gasteiger partial charge in [-0.3, -0.25) is 0 Å².